The van der Waals surface area contributed by atoms with Crippen LogP contribution in [0, 0.1) is 0 Å². The van der Waals surface area contributed by atoms with Crippen molar-refractivity contribution in [2.24, 2.45) is 0 Å². The van der Waals surface area contributed by atoms with Crippen LogP contribution >= 0.6 is 0 Å². The molecule has 2 saturated heterocycles. The zero-order valence-corrected chi connectivity index (χ0v) is 14.3. The molecular weight excluding hydrogens is 288 g/mol. The molecule has 5 nitrogen and oxygen atoms in total. The summed E-state index contributed by atoms with van der Waals surface area (Å²) in [5.74, 6) is 0.154. The maximum Gasteiger partial charge on any atom is 0.254 e. The molecule has 0 saturated carbocycles. The molecule has 1 aromatic carbocycles. The first-order valence-corrected chi connectivity index (χ1v) is 8.78. The summed E-state index contributed by atoms with van der Waals surface area (Å²) in [5, 5.41) is 3.33. The third kappa shape index (κ3) is 3.67. The van der Waals surface area contributed by atoms with Gasteiger partial charge in [-0.2, -0.15) is 0 Å². The van der Waals surface area contributed by atoms with Crippen molar-refractivity contribution < 1.29 is 4.79 Å². The van der Waals surface area contributed by atoms with E-state index in [4.69, 9.17) is 0 Å². The Morgan fingerprint density at radius 2 is 1.83 bits per heavy atom. The molecule has 5 heteroatoms. The first kappa shape index (κ1) is 16.3. The first-order valence-electron chi connectivity index (χ1n) is 8.78. The maximum atomic E-state index is 12.7. The summed E-state index contributed by atoms with van der Waals surface area (Å²) in [7, 11) is 0. The molecule has 3 rings (SSSR count). The summed E-state index contributed by atoms with van der Waals surface area (Å²) in [6.07, 6.45) is 0. The van der Waals surface area contributed by atoms with Crippen molar-refractivity contribution in [2.75, 3.05) is 57.3 Å². The Hall–Kier alpha value is -1.59. The van der Waals surface area contributed by atoms with Crippen LogP contribution in [0.15, 0.2) is 24.3 Å². The number of anilines is 1. The predicted molar refractivity (Wildman–Crippen MR) is 94.1 cm³/mol. The molecule has 2 aliphatic rings. The quantitative estimate of drug-likeness (QED) is 0.911. The van der Waals surface area contributed by atoms with Gasteiger partial charge in [-0.1, -0.05) is 6.92 Å². The van der Waals surface area contributed by atoms with E-state index >= 15 is 0 Å². The normalized spacial score (nSPS) is 23.1. The molecule has 1 N–H and O–H groups in total. The fraction of sp³-hybridized carbons (Fsp3) is 0.611. The highest BCUT2D eigenvalue weighted by Crippen LogP contribution is 2.19. The number of nitrogens with one attached hydrogen (secondary N) is 1. The van der Waals surface area contributed by atoms with Crippen LogP contribution in [0.1, 0.15) is 24.2 Å². The Balaban J connectivity index is 1.64. The zero-order valence-electron chi connectivity index (χ0n) is 14.3. The van der Waals surface area contributed by atoms with E-state index in [0.29, 0.717) is 0 Å². The van der Waals surface area contributed by atoms with E-state index in [1.807, 2.05) is 17.0 Å². The minimum atomic E-state index is 0.154. The SMILES string of the molecule is CCN1CCN(c2ccc(C(=O)N3CCNC[C@@H]3C)cc2)CC1. The number of likely N-dealkylation sites (N-methyl/N-ethyl adjacent to an activating group) is 1. The molecule has 2 fully saturated rings. The fourth-order valence-electron chi connectivity index (χ4n) is 3.45. The second kappa shape index (κ2) is 7.32. The van der Waals surface area contributed by atoms with E-state index < -0.39 is 0 Å². The summed E-state index contributed by atoms with van der Waals surface area (Å²) in [4.78, 5) is 19.5. The summed E-state index contributed by atoms with van der Waals surface area (Å²) in [6, 6.07) is 8.43. The molecule has 2 heterocycles. The molecule has 0 bridgehead atoms. The molecule has 0 radical (unpaired) electrons. The lowest BCUT2D eigenvalue weighted by Crippen LogP contribution is -2.52. The Labute approximate surface area is 139 Å². The highest BCUT2D eigenvalue weighted by atomic mass is 16.2. The molecule has 0 aliphatic carbocycles. The third-order valence-electron chi connectivity index (χ3n) is 5.06. The van der Waals surface area contributed by atoms with Crippen molar-refractivity contribution in [2.45, 2.75) is 19.9 Å². The Morgan fingerprint density at radius 3 is 2.43 bits per heavy atom. The third-order valence-corrected chi connectivity index (χ3v) is 5.06. The van der Waals surface area contributed by atoms with E-state index in [9.17, 15) is 4.79 Å². The number of nitrogens with zero attached hydrogens (tertiary/aromatic N) is 3. The summed E-state index contributed by atoms with van der Waals surface area (Å²) in [5.41, 5.74) is 2.03. The minimum Gasteiger partial charge on any atom is -0.369 e. The maximum absolute atomic E-state index is 12.7. The van der Waals surface area contributed by atoms with Gasteiger partial charge < -0.3 is 20.0 Å². The number of amides is 1. The van der Waals surface area contributed by atoms with Gasteiger partial charge in [0.2, 0.25) is 0 Å². The molecule has 126 valence electrons. The van der Waals surface area contributed by atoms with Crippen LogP contribution in [0.5, 0.6) is 0 Å². The van der Waals surface area contributed by atoms with Gasteiger partial charge in [0.1, 0.15) is 0 Å². The van der Waals surface area contributed by atoms with Gasteiger partial charge in [0.15, 0.2) is 0 Å². The molecule has 1 atom stereocenters. The Bertz CT molecular complexity index is 522. The van der Waals surface area contributed by atoms with Crippen LogP contribution in [-0.4, -0.2) is 74.1 Å². The number of carbonyl (C=O) groups excluding carboxylic acids is 1. The van der Waals surface area contributed by atoms with Gasteiger partial charge in [0, 0.05) is 63.1 Å². The van der Waals surface area contributed by atoms with Gasteiger partial charge in [0.05, 0.1) is 0 Å². The van der Waals surface area contributed by atoms with E-state index in [-0.39, 0.29) is 11.9 Å². The summed E-state index contributed by atoms with van der Waals surface area (Å²) in [6.45, 7) is 12.4. The standard InChI is InChI=1S/C18H28N4O/c1-3-20-10-12-21(13-11-20)17-6-4-16(5-7-17)18(23)22-9-8-19-14-15(22)2/h4-7,15,19H,3,8-14H2,1-2H3/t15-/m0/s1. The highest BCUT2D eigenvalue weighted by molar-refractivity contribution is 5.94. The van der Waals surface area contributed by atoms with Gasteiger partial charge in [0.25, 0.3) is 5.91 Å². The topological polar surface area (TPSA) is 38.8 Å². The van der Waals surface area contributed by atoms with Crippen LogP contribution in [0.3, 0.4) is 0 Å². The van der Waals surface area contributed by atoms with Crippen LogP contribution < -0.4 is 10.2 Å². The molecule has 2 aliphatic heterocycles. The summed E-state index contributed by atoms with van der Waals surface area (Å²) >= 11 is 0. The van der Waals surface area contributed by atoms with Crippen LogP contribution in [0.2, 0.25) is 0 Å². The first-order chi connectivity index (χ1) is 11.2. The van der Waals surface area contributed by atoms with E-state index in [1.54, 1.807) is 0 Å². The van der Waals surface area contributed by atoms with Crippen molar-refractivity contribution in [3.8, 4) is 0 Å². The average Bonchev–Trinajstić information content (AvgIpc) is 2.62. The van der Waals surface area contributed by atoms with E-state index in [1.165, 1.54) is 5.69 Å². The number of hydrogen-bond acceptors (Lipinski definition) is 4. The number of benzene rings is 1. The van der Waals surface area contributed by atoms with Gasteiger partial charge >= 0.3 is 0 Å². The number of piperazine rings is 2. The number of rotatable bonds is 3. The van der Waals surface area contributed by atoms with E-state index in [0.717, 1.165) is 57.9 Å². The lowest BCUT2D eigenvalue weighted by Gasteiger charge is -2.36. The minimum absolute atomic E-state index is 0.154. The lowest BCUT2D eigenvalue weighted by atomic mass is 10.1. The van der Waals surface area contributed by atoms with Gasteiger partial charge in [-0.25, -0.2) is 0 Å². The van der Waals surface area contributed by atoms with Crippen molar-refractivity contribution in [3.63, 3.8) is 0 Å². The molecule has 1 amide bonds. The Kier molecular flexibility index (Phi) is 5.18. The van der Waals surface area contributed by atoms with Crippen molar-refractivity contribution >= 4 is 11.6 Å². The second-order valence-corrected chi connectivity index (χ2v) is 6.52. The van der Waals surface area contributed by atoms with Crippen molar-refractivity contribution in [3.05, 3.63) is 29.8 Å². The van der Waals surface area contributed by atoms with Crippen LogP contribution in [0.4, 0.5) is 5.69 Å². The highest BCUT2D eigenvalue weighted by Gasteiger charge is 2.24. The van der Waals surface area contributed by atoms with Crippen molar-refractivity contribution in [1.82, 2.24) is 15.1 Å². The lowest BCUT2D eigenvalue weighted by molar-refractivity contribution is 0.0656. The molecule has 0 aromatic heterocycles. The predicted octanol–water partition coefficient (Wildman–Crippen LogP) is 1.26. The van der Waals surface area contributed by atoms with Gasteiger partial charge in [-0.15, -0.1) is 0 Å². The summed E-state index contributed by atoms with van der Waals surface area (Å²) < 4.78 is 0. The smallest absolute Gasteiger partial charge is 0.254 e. The average molecular weight is 316 g/mol. The van der Waals surface area contributed by atoms with Gasteiger partial charge in [-0.05, 0) is 37.7 Å². The largest absolute Gasteiger partial charge is 0.369 e. The number of carbonyl (C=O) groups is 1. The zero-order chi connectivity index (χ0) is 16.2. The van der Waals surface area contributed by atoms with E-state index in [2.05, 4.69) is 41.1 Å². The molecule has 23 heavy (non-hydrogen) atoms. The van der Waals surface area contributed by atoms with Crippen LogP contribution in [0.25, 0.3) is 0 Å². The monoisotopic (exact) mass is 316 g/mol. The number of hydrogen-bond donors (Lipinski definition) is 1. The molecule has 0 unspecified atom stereocenters. The molecular formula is C18H28N4O. The Morgan fingerprint density at radius 1 is 1.13 bits per heavy atom. The van der Waals surface area contributed by atoms with Crippen molar-refractivity contribution in [1.29, 1.82) is 0 Å². The van der Waals surface area contributed by atoms with Crippen LogP contribution in [-0.2, 0) is 0 Å². The molecule has 0 spiro atoms. The van der Waals surface area contributed by atoms with Gasteiger partial charge in [-0.3, -0.25) is 4.79 Å². The molecule has 1 aromatic rings. The fourth-order valence-corrected chi connectivity index (χ4v) is 3.45. The second-order valence-electron chi connectivity index (χ2n) is 6.52.